The van der Waals surface area contributed by atoms with Crippen molar-refractivity contribution in [2.75, 3.05) is 5.73 Å². The summed E-state index contributed by atoms with van der Waals surface area (Å²) in [5.74, 6) is 0.208. The summed E-state index contributed by atoms with van der Waals surface area (Å²) < 4.78 is 5.73. The summed E-state index contributed by atoms with van der Waals surface area (Å²) in [6.45, 7) is 0. The Kier molecular flexibility index (Phi) is 3.99. The van der Waals surface area contributed by atoms with Crippen LogP contribution < -0.4 is 10.5 Å². The molecule has 0 unspecified atom stereocenters. The van der Waals surface area contributed by atoms with Gasteiger partial charge in [-0.3, -0.25) is 10.1 Å². The molecule has 0 spiro atoms. The summed E-state index contributed by atoms with van der Waals surface area (Å²) >= 11 is 0. The maximum atomic E-state index is 11.1. The zero-order valence-corrected chi connectivity index (χ0v) is 10.6. The monoisotopic (exact) mass is 263 g/mol. The van der Waals surface area contributed by atoms with E-state index < -0.39 is 4.92 Å². The Balaban J connectivity index is 2.29. The second-order valence-corrected chi connectivity index (χ2v) is 4.73. The highest BCUT2D eigenvalue weighted by Crippen LogP contribution is 2.34. The van der Waals surface area contributed by atoms with E-state index in [9.17, 15) is 10.1 Å². The molecule has 1 aliphatic carbocycles. The Labute approximate surface area is 111 Å². The summed E-state index contributed by atoms with van der Waals surface area (Å²) in [6.07, 6.45) is 6.24. The summed E-state index contributed by atoms with van der Waals surface area (Å²) in [5.41, 5.74) is 6.29. The average Bonchev–Trinajstić information content (AvgIpc) is 2.39. The quantitative estimate of drug-likeness (QED) is 0.377. The standard InChI is InChI=1S/C13H17N3O3/c14-8-9-6-12(16(17)18)13(7-11(9)15)19-10-4-2-1-3-5-10/h6-8,10,14H,1-5,15H2. The normalized spacial score (nSPS) is 16.0. The molecule has 0 atom stereocenters. The molecule has 1 fully saturated rings. The van der Waals surface area contributed by atoms with Crippen LogP contribution in [0.4, 0.5) is 11.4 Å². The van der Waals surface area contributed by atoms with E-state index in [0.717, 1.165) is 31.9 Å². The van der Waals surface area contributed by atoms with Crippen LogP contribution in [0.5, 0.6) is 5.75 Å². The lowest BCUT2D eigenvalue weighted by Crippen LogP contribution is -2.20. The van der Waals surface area contributed by atoms with Crippen molar-refractivity contribution >= 4 is 17.6 Å². The zero-order chi connectivity index (χ0) is 13.8. The Morgan fingerprint density at radius 2 is 2.05 bits per heavy atom. The van der Waals surface area contributed by atoms with Gasteiger partial charge in [-0.2, -0.15) is 0 Å². The molecular formula is C13H17N3O3. The number of nitrogens with zero attached hydrogens (tertiary/aromatic N) is 1. The molecule has 1 aromatic carbocycles. The minimum Gasteiger partial charge on any atom is -0.483 e. The van der Waals surface area contributed by atoms with Crippen LogP contribution in [-0.4, -0.2) is 17.2 Å². The van der Waals surface area contributed by atoms with Gasteiger partial charge in [-0.25, -0.2) is 0 Å². The lowest BCUT2D eigenvalue weighted by atomic mass is 9.98. The van der Waals surface area contributed by atoms with Crippen molar-refractivity contribution in [2.24, 2.45) is 0 Å². The lowest BCUT2D eigenvalue weighted by molar-refractivity contribution is -0.386. The molecular weight excluding hydrogens is 246 g/mol. The molecule has 0 heterocycles. The van der Waals surface area contributed by atoms with E-state index in [4.69, 9.17) is 15.9 Å². The second-order valence-electron chi connectivity index (χ2n) is 4.73. The molecule has 6 heteroatoms. The number of nitro groups is 1. The fourth-order valence-corrected chi connectivity index (χ4v) is 2.32. The van der Waals surface area contributed by atoms with Gasteiger partial charge in [-0.1, -0.05) is 6.42 Å². The number of nitrogen functional groups attached to an aromatic ring is 1. The van der Waals surface area contributed by atoms with E-state index in [1.807, 2.05) is 0 Å². The van der Waals surface area contributed by atoms with Crippen molar-refractivity contribution in [1.29, 1.82) is 5.41 Å². The van der Waals surface area contributed by atoms with Gasteiger partial charge in [-0.15, -0.1) is 0 Å². The molecule has 102 valence electrons. The van der Waals surface area contributed by atoms with E-state index in [1.165, 1.54) is 18.6 Å². The third-order valence-electron chi connectivity index (χ3n) is 3.36. The maximum Gasteiger partial charge on any atom is 0.311 e. The van der Waals surface area contributed by atoms with Crippen LogP contribution in [0.15, 0.2) is 12.1 Å². The Morgan fingerprint density at radius 3 is 2.63 bits per heavy atom. The number of rotatable bonds is 4. The number of hydrogen-bond donors (Lipinski definition) is 2. The van der Waals surface area contributed by atoms with Gasteiger partial charge < -0.3 is 15.9 Å². The fraction of sp³-hybridized carbons (Fsp3) is 0.462. The number of anilines is 1. The van der Waals surface area contributed by atoms with E-state index in [1.54, 1.807) is 0 Å². The van der Waals surface area contributed by atoms with Crippen LogP contribution in [-0.2, 0) is 0 Å². The van der Waals surface area contributed by atoms with Crippen LogP contribution in [0.1, 0.15) is 37.7 Å². The van der Waals surface area contributed by atoms with E-state index in [0.29, 0.717) is 11.3 Å². The van der Waals surface area contributed by atoms with Gasteiger partial charge in [0, 0.05) is 29.6 Å². The van der Waals surface area contributed by atoms with Gasteiger partial charge in [0.05, 0.1) is 11.0 Å². The summed E-state index contributed by atoms with van der Waals surface area (Å²) in [5, 5.41) is 18.2. The van der Waals surface area contributed by atoms with Crippen LogP contribution in [0.3, 0.4) is 0 Å². The summed E-state index contributed by atoms with van der Waals surface area (Å²) in [7, 11) is 0. The number of ether oxygens (including phenoxy) is 1. The lowest BCUT2D eigenvalue weighted by Gasteiger charge is -2.23. The highest BCUT2D eigenvalue weighted by molar-refractivity contribution is 5.87. The van der Waals surface area contributed by atoms with Crippen molar-refractivity contribution in [3.63, 3.8) is 0 Å². The molecule has 0 amide bonds. The van der Waals surface area contributed by atoms with Crippen molar-refractivity contribution < 1.29 is 9.66 Å². The Hall–Kier alpha value is -2.11. The molecule has 0 aliphatic heterocycles. The fourth-order valence-electron chi connectivity index (χ4n) is 2.32. The van der Waals surface area contributed by atoms with E-state index >= 15 is 0 Å². The van der Waals surface area contributed by atoms with Gasteiger partial charge in [0.2, 0.25) is 0 Å². The van der Waals surface area contributed by atoms with Crippen LogP contribution in [0.2, 0.25) is 0 Å². The van der Waals surface area contributed by atoms with Gasteiger partial charge in [0.25, 0.3) is 0 Å². The largest absolute Gasteiger partial charge is 0.483 e. The van der Waals surface area contributed by atoms with Gasteiger partial charge in [0.1, 0.15) is 0 Å². The second kappa shape index (κ2) is 5.69. The van der Waals surface area contributed by atoms with Crippen LogP contribution in [0.25, 0.3) is 0 Å². The van der Waals surface area contributed by atoms with Crippen LogP contribution in [0, 0.1) is 15.5 Å². The molecule has 0 aromatic heterocycles. The van der Waals surface area contributed by atoms with Crippen molar-refractivity contribution in [3.05, 3.63) is 27.8 Å². The molecule has 1 aliphatic rings. The molecule has 19 heavy (non-hydrogen) atoms. The van der Waals surface area contributed by atoms with E-state index in [-0.39, 0.29) is 17.5 Å². The first kappa shape index (κ1) is 13.3. The smallest absolute Gasteiger partial charge is 0.311 e. The first-order valence-electron chi connectivity index (χ1n) is 6.37. The molecule has 1 aromatic rings. The first-order chi connectivity index (χ1) is 9.11. The predicted molar refractivity (Wildman–Crippen MR) is 72.9 cm³/mol. The van der Waals surface area contributed by atoms with Crippen molar-refractivity contribution in [2.45, 2.75) is 38.2 Å². The number of hydrogen-bond acceptors (Lipinski definition) is 5. The number of nitrogens with two attached hydrogens (primary N) is 1. The molecule has 2 rings (SSSR count). The molecule has 0 saturated heterocycles. The highest BCUT2D eigenvalue weighted by Gasteiger charge is 2.22. The van der Waals surface area contributed by atoms with Crippen LogP contribution >= 0.6 is 0 Å². The van der Waals surface area contributed by atoms with Crippen molar-refractivity contribution in [1.82, 2.24) is 0 Å². The minimum absolute atomic E-state index is 0.0256. The Bertz CT molecular complexity index is 496. The van der Waals surface area contributed by atoms with E-state index in [2.05, 4.69) is 0 Å². The molecule has 0 bridgehead atoms. The zero-order valence-electron chi connectivity index (χ0n) is 10.6. The maximum absolute atomic E-state index is 11.1. The molecule has 1 saturated carbocycles. The number of nitrogens with one attached hydrogen (secondary N) is 1. The third-order valence-corrected chi connectivity index (χ3v) is 3.36. The molecule has 3 N–H and O–H groups in total. The number of benzene rings is 1. The minimum atomic E-state index is -0.495. The summed E-state index contributed by atoms with van der Waals surface area (Å²) in [4.78, 5) is 10.6. The summed E-state index contributed by atoms with van der Waals surface area (Å²) in [6, 6.07) is 2.74. The highest BCUT2D eigenvalue weighted by atomic mass is 16.6. The first-order valence-corrected chi connectivity index (χ1v) is 6.37. The number of nitro benzene ring substituents is 1. The van der Waals surface area contributed by atoms with Gasteiger partial charge >= 0.3 is 5.69 Å². The predicted octanol–water partition coefficient (Wildman–Crippen LogP) is 2.89. The molecule has 0 radical (unpaired) electrons. The SMILES string of the molecule is N=Cc1cc([N+](=O)[O-])c(OC2CCCCC2)cc1N. The topological polar surface area (TPSA) is 102 Å². The third kappa shape index (κ3) is 3.01. The van der Waals surface area contributed by atoms with Crippen molar-refractivity contribution in [3.8, 4) is 5.75 Å². The molecule has 6 nitrogen and oxygen atoms in total. The average molecular weight is 263 g/mol. The van der Waals surface area contributed by atoms with Gasteiger partial charge in [0.15, 0.2) is 5.75 Å². The van der Waals surface area contributed by atoms with Gasteiger partial charge in [-0.05, 0) is 25.7 Å². The Morgan fingerprint density at radius 1 is 1.37 bits per heavy atom.